The van der Waals surface area contributed by atoms with Gasteiger partial charge < -0.3 is 9.80 Å². The smallest absolute Gasteiger partial charge is 0.253 e. The highest BCUT2D eigenvalue weighted by molar-refractivity contribution is 5.94. The lowest BCUT2D eigenvalue weighted by atomic mass is 9.88. The molecule has 5 rings (SSSR count). The maximum Gasteiger partial charge on any atom is 0.253 e. The van der Waals surface area contributed by atoms with Crippen molar-refractivity contribution < 1.29 is 13.6 Å². The van der Waals surface area contributed by atoms with Crippen molar-refractivity contribution in [3.63, 3.8) is 0 Å². The minimum absolute atomic E-state index is 0.0330. The molecule has 0 N–H and O–H groups in total. The van der Waals surface area contributed by atoms with Crippen molar-refractivity contribution in [3.05, 3.63) is 102 Å². The van der Waals surface area contributed by atoms with Gasteiger partial charge in [0, 0.05) is 63.0 Å². The molecule has 0 aromatic heterocycles. The second kappa shape index (κ2) is 9.94. The molecule has 3 aromatic carbocycles. The van der Waals surface area contributed by atoms with Crippen molar-refractivity contribution in [2.24, 2.45) is 5.92 Å². The maximum atomic E-state index is 14.0. The zero-order valence-corrected chi connectivity index (χ0v) is 19.1. The molecule has 0 saturated carbocycles. The second-order valence-corrected chi connectivity index (χ2v) is 9.26. The number of rotatable bonds is 5. The first-order valence-electron chi connectivity index (χ1n) is 11.9. The van der Waals surface area contributed by atoms with Gasteiger partial charge in [-0.05, 0) is 60.0 Å². The summed E-state index contributed by atoms with van der Waals surface area (Å²) >= 11 is 0. The third-order valence-corrected chi connectivity index (χ3v) is 7.08. The van der Waals surface area contributed by atoms with Gasteiger partial charge in [-0.25, -0.2) is 8.78 Å². The van der Waals surface area contributed by atoms with Gasteiger partial charge in [-0.3, -0.25) is 9.69 Å². The van der Waals surface area contributed by atoms with Gasteiger partial charge in [0.1, 0.15) is 11.6 Å². The van der Waals surface area contributed by atoms with Crippen LogP contribution in [0, 0.1) is 17.6 Å². The SMILES string of the molecule is O=C(c1ccccc1)N1CC(CN2CCN(c3ccc(F)cc3)CC2)C(c2cccc(F)c2)C1. The molecular weight excluding hydrogens is 432 g/mol. The minimum atomic E-state index is -0.239. The lowest BCUT2D eigenvalue weighted by Crippen LogP contribution is -2.48. The van der Waals surface area contributed by atoms with Crippen molar-refractivity contribution in [2.75, 3.05) is 50.7 Å². The van der Waals surface area contributed by atoms with Crippen LogP contribution in [0.2, 0.25) is 0 Å². The van der Waals surface area contributed by atoms with Gasteiger partial charge >= 0.3 is 0 Å². The maximum absolute atomic E-state index is 14.0. The fraction of sp³-hybridized carbons (Fsp3) is 0.321. The van der Waals surface area contributed by atoms with E-state index in [2.05, 4.69) is 9.80 Å². The molecule has 3 aromatic rings. The van der Waals surface area contributed by atoms with E-state index >= 15 is 0 Å². The summed E-state index contributed by atoms with van der Waals surface area (Å²) in [4.78, 5) is 19.8. The van der Waals surface area contributed by atoms with E-state index in [-0.39, 0.29) is 29.4 Å². The molecule has 2 heterocycles. The Morgan fingerprint density at radius 3 is 2.24 bits per heavy atom. The first-order valence-corrected chi connectivity index (χ1v) is 11.9. The van der Waals surface area contributed by atoms with Crippen molar-refractivity contribution in [3.8, 4) is 0 Å². The number of benzene rings is 3. The van der Waals surface area contributed by atoms with Crippen LogP contribution in [0.4, 0.5) is 14.5 Å². The fourth-order valence-electron chi connectivity index (χ4n) is 5.27. The van der Waals surface area contributed by atoms with Crippen LogP contribution in [0.15, 0.2) is 78.9 Å². The number of nitrogens with zero attached hydrogens (tertiary/aromatic N) is 3. The van der Waals surface area contributed by atoms with Gasteiger partial charge in [-0.2, -0.15) is 0 Å². The van der Waals surface area contributed by atoms with Crippen LogP contribution in [0.25, 0.3) is 0 Å². The average Bonchev–Trinajstić information content (AvgIpc) is 3.29. The molecule has 2 aliphatic heterocycles. The highest BCUT2D eigenvalue weighted by atomic mass is 19.1. The quantitative estimate of drug-likeness (QED) is 0.554. The van der Waals surface area contributed by atoms with Crippen LogP contribution in [-0.4, -0.2) is 61.5 Å². The third kappa shape index (κ3) is 4.97. The normalized spacial score (nSPS) is 21.1. The summed E-state index contributed by atoms with van der Waals surface area (Å²) in [6, 6.07) is 22.8. The van der Waals surface area contributed by atoms with E-state index in [1.807, 2.05) is 53.4 Å². The van der Waals surface area contributed by atoms with E-state index in [9.17, 15) is 13.6 Å². The Morgan fingerprint density at radius 1 is 0.794 bits per heavy atom. The minimum Gasteiger partial charge on any atom is -0.369 e. The molecule has 34 heavy (non-hydrogen) atoms. The molecule has 4 nitrogen and oxygen atoms in total. The highest BCUT2D eigenvalue weighted by Crippen LogP contribution is 2.35. The zero-order valence-electron chi connectivity index (χ0n) is 19.1. The van der Waals surface area contributed by atoms with E-state index < -0.39 is 0 Å². The monoisotopic (exact) mass is 461 g/mol. The third-order valence-electron chi connectivity index (χ3n) is 7.08. The Morgan fingerprint density at radius 2 is 1.53 bits per heavy atom. The number of carbonyl (C=O) groups is 1. The van der Waals surface area contributed by atoms with Gasteiger partial charge in [-0.15, -0.1) is 0 Å². The number of hydrogen-bond donors (Lipinski definition) is 0. The summed E-state index contributed by atoms with van der Waals surface area (Å²) in [5.41, 5.74) is 2.69. The van der Waals surface area contributed by atoms with E-state index in [4.69, 9.17) is 0 Å². The molecule has 0 spiro atoms. The summed E-state index contributed by atoms with van der Waals surface area (Å²) in [5, 5.41) is 0. The van der Waals surface area contributed by atoms with Crippen LogP contribution in [-0.2, 0) is 0 Å². The van der Waals surface area contributed by atoms with Crippen molar-refractivity contribution in [1.29, 1.82) is 0 Å². The van der Waals surface area contributed by atoms with Crippen LogP contribution in [0.1, 0.15) is 21.8 Å². The average molecular weight is 462 g/mol. The van der Waals surface area contributed by atoms with Crippen molar-refractivity contribution in [2.45, 2.75) is 5.92 Å². The molecule has 2 fully saturated rings. The number of piperazine rings is 1. The number of halogens is 2. The molecule has 176 valence electrons. The van der Waals surface area contributed by atoms with Gasteiger partial charge in [0.05, 0.1) is 0 Å². The number of anilines is 1. The van der Waals surface area contributed by atoms with Gasteiger partial charge in [0.25, 0.3) is 5.91 Å². The van der Waals surface area contributed by atoms with Crippen molar-refractivity contribution >= 4 is 11.6 Å². The lowest BCUT2D eigenvalue weighted by Gasteiger charge is -2.37. The van der Waals surface area contributed by atoms with E-state index in [1.54, 1.807) is 12.1 Å². The molecule has 2 saturated heterocycles. The largest absolute Gasteiger partial charge is 0.369 e. The second-order valence-electron chi connectivity index (χ2n) is 9.26. The first kappa shape index (κ1) is 22.5. The van der Waals surface area contributed by atoms with Crippen LogP contribution in [0.5, 0.6) is 0 Å². The predicted molar refractivity (Wildman–Crippen MR) is 130 cm³/mol. The van der Waals surface area contributed by atoms with Crippen LogP contribution >= 0.6 is 0 Å². The van der Waals surface area contributed by atoms with E-state index in [0.717, 1.165) is 44.0 Å². The fourth-order valence-corrected chi connectivity index (χ4v) is 5.27. The topological polar surface area (TPSA) is 26.8 Å². The lowest BCUT2D eigenvalue weighted by molar-refractivity contribution is 0.0782. The zero-order chi connectivity index (χ0) is 23.5. The number of amides is 1. The molecule has 1 amide bonds. The first-order chi connectivity index (χ1) is 16.6. The predicted octanol–water partition coefficient (Wildman–Crippen LogP) is 4.64. The molecule has 0 radical (unpaired) electrons. The molecule has 0 bridgehead atoms. The summed E-state index contributed by atoms with van der Waals surface area (Å²) in [6.45, 7) is 5.65. The standard InChI is InChI=1S/C28H29F2N3O/c29-24-9-11-26(12-10-24)32-15-13-31(14-16-32)18-23-19-33(28(34)21-5-2-1-3-6-21)20-27(23)22-7-4-8-25(30)17-22/h1-12,17,23,27H,13-16,18-20H2. The van der Waals surface area contributed by atoms with E-state index in [1.165, 1.54) is 18.2 Å². The number of hydrogen-bond acceptors (Lipinski definition) is 3. The molecule has 0 aliphatic carbocycles. The Hall–Kier alpha value is -3.25. The molecule has 6 heteroatoms. The van der Waals surface area contributed by atoms with Gasteiger partial charge in [-0.1, -0.05) is 30.3 Å². The Bertz CT molecular complexity index is 1110. The Balaban J connectivity index is 1.28. The van der Waals surface area contributed by atoms with E-state index in [0.29, 0.717) is 18.7 Å². The Labute approximate surface area is 199 Å². The van der Waals surface area contributed by atoms with Crippen LogP contribution < -0.4 is 4.90 Å². The van der Waals surface area contributed by atoms with Gasteiger partial charge in [0.15, 0.2) is 0 Å². The number of carbonyl (C=O) groups excluding carboxylic acids is 1. The summed E-state index contributed by atoms with van der Waals surface area (Å²) in [7, 11) is 0. The highest BCUT2D eigenvalue weighted by Gasteiger charge is 2.37. The summed E-state index contributed by atoms with van der Waals surface area (Å²) < 4.78 is 27.3. The molecule has 2 aliphatic rings. The molecule has 2 unspecified atom stereocenters. The summed E-state index contributed by atoms with van der Waals surface area (Å²) in [5.74, 6) is -0.102. The van der Waals surface area contributed by atoms with Crippen molar-refractivity contribution in [1.82, 2.24) is 9.80 Å². The molecule has 2 atom stereocenters. The van der Waals surface area contributed by atoms with Crippen LogP contribution in [0.3, 0.4) is 0 Å². The summed E-state index contributed by atoms with van der Waals surface area (Å²) in [6.07, 6.45) is 0. The Kier molecular flexibility index (Phi) is 6.59. The van der Waals surface area contributed by atoms with Gasteiger partial charge in [0.2, 0.25) is 0 Å². The molecular formula is C28H29F2N3O. The number of likely N-dealkylation sites (tertiary alicyclic amines) is 1.